The summed E-state index contributed by atoms with van der Waals surface area (Å²) in [7, 11) is 3.53. The van der Waals surface area contributed by atoms with Gasteiger partial charge in [0.25, 0.3) is 0 Å². The van der Waals surface area contributed by atoms with Crippen molar-refractivity contribution in [3.05, 3.63) is 29.6 Å². The molecule has 1 saturated heterocycles. The lowest BCUT2D eigenvalue weighted by Crippen LogP contribution is -2.42. The van der Waals surface area contributed by atoms with Crippen molar-refractivity contribution in [2.24, 2.45) is 0 Å². The van der Waals surface area contributed by atoms with Crippen molar-refractivity contribution in [2.45, 2.75) is 38.3 Å². The Hall–Kier alpha value is -1.62. The molecule has 2 rings (SSSR count). The first-order valence-electron chi connectivity index (χ1n) is 7.34. The van der Waals surface area contributed by atoms with E-state index in [4.69, 9.17) is 4.74 Å². The number of benzene rings is 1. The average Bonchev–Trinajstić information content (AvgIpc) is 2.83. The summed E-state index contributed by atoms with van der Waals surface area (Å²) < 4.78 is 18.4. The molecular formula is C16H23FN2O2. The van der Waals surface area contributed by atoms with Crippen LogP contribution in [-0.2, 0) is 4.79 Å². The summed E-state index contributed by atoms with van der Waals surface area (Å²) in [6.07, 6.45) is 2.62. The van der Waals surface area contributed by atoms with E-state index >= 15 is 0 Å². The highest BCUT2D eigenvalue weighted by Crippen LogP contribution is 2.29. The SMILES string of the molecule is COc1cc(F)ccc1[C@@H](C)CC(=O)N[C@@H]1CCCN1C. The molecule has 0 spiro atoms. The Morgan fingerprint density at radius 2 is 2.33 bits per heavy atom. The Balaban J connectivity index is 1.97. The van der Waals surface area contributed by atoms with Crippen LogP contribution in [0.2, 0.25) is 0 Å². The summed E-state index contributed by atoms with van der Waals surface area (Å²) >= 11 is 0. The lowest BCUT2D eigenvalue weighted by atomic mass is 9.96. The monoisotopic (exact) mass is 294 g/mol. The van der Waals surface area contributed by atoms with Crippen molar-refractivity contribution >= 4 is 5.91 Å². The number of carbonyl (C=O) groups is 1. The predicted octanol–water partition coefficient (Wildman–Crippen LogP) is 2.50. The van der Waals surface area contributed by atoms with Crippen LogP contribution in [0.25, 0.3) is 0 Å². The number of methoxy groups -OCH3 is 1. The van der Waals surface area contributed by atoms with E-state index in [0.717, 1.165) is 24.9 Å². The maximum absolute atomic E-state index is 13.2. The number of hydrogen-bond acceptors (Lipinski definition) is 3. The maximum atomic E-state index is 13.2. The van der Waals surface area contributed by atoms with Gasteiger partial charge in [0.05, 0.1) is 13.3 Å². The fourth-order valence-electron chi connectivity index (χ4n) is 2.82. The predicted molar refractivity (Wildman–Crippen MR) is 79.8 cm³/mol. The molecule has 0 aromatic heterocycles. The van der Waals surface area contributed by atoms with Crippen molar-refractivity contribution in [1.29, 1.82) is 0 Å². The van der Waals surface area contributed by atoms with Crippen LogP contribution in [0.15, 0.2) is 18.2 Å². The van der Waals surface area contributed by atoms with E-state index in [9.17, 15) is 9.18 Å². The van der Waals surface area contributed by atoms with Gasteiger partial charge >= 0.3 is 0 Å². The van der Waals surface area contributed by atoms with Crippen molar-refractivity contribution in [1.82, 2.24) is 10.2 Å². The smallest absolute Gasteiger partial charge is 0.221 e. The summed E-state index contributed by atoms with van der Waals surface area (Å²) in [5.74, 6) is 0.160. The minimum atomic E-state index is -0.333. The Bertz CT molecular complexity index is 507. The van der Waals surface area contributed by atoms with Gasteiger partial charge in [-0.25, -0.2) is 4.39 Å². The quantitative estimate of drug-likeness (QED) is 0.907. The Kier molecular flexibility index (Phi) is 5.17. The fourth-order valence-corrected chi connectivity index (χ4v) is 2.82. The molecule has 2 atom stereocenters. The van der Waals surface area contributed by atoms with Gasteiger partial charge < -0.3 is 10.1 Å². The van der Waals surface area contributed by atoms with Crippen molar-refractivity contribution in [3.63, 3.8) is 0 Å². The lowest BCUT2D eigenvalue weighted by molar-refractivity contribution is -0.122. The molecule has 1 N–H and O–H groups in total. The third kappa shape index (κ3) is 3.94. The van der Waals surface area contributed by atoms with E-state index in [1.54, 1.807) is 6.07 Å². The van der Waals surface area contributed by atoms with Gasteiger partial charge in [0.1, 0.15) is 11.6 Å². The van der Waals surface area contributed by atoms with Crippen LogP contribution in [0.3, 0.4) is 0 Å². The van der Waals surface area contributed by atoms with Crippen LogP contribution in [0.4, 0.5) is 4.39 Å². The molecular weight excluding hydrogens is 271 g/mol. The van der Waals surface area contributed by atoms with E-state index in [2.05, 4.69) is 10.2 Å². The third-order valence-corrected chi connectivity index (χ3v) is 4.07. The van der Waals surface area contributed by atoms with Gasteiger partial charge in [-0.2, -0.15) is 0 Å². The van der Waals surface area contributed by atoms with Crippen molar-refractivity contribution in [2.75, 3.05) is 20.7 Å². The third-order valence-electron chi connectivity index (χ3n) is 4.07. The number of nitrogens with one attached hydrogen (secondary N) is 1. The van der Waals surface area contributed by atoms with Gasteiger partial charge in [0, 0.05) is 12.5 Å². The van der Waals surface area contributed by atoms with Crippen LogP contribution in [0, 0.1) is 5.82 Å². The number of rotatable bonds is 5. The Morgan fingerprint density at radius 3 is 2.95 bits per heavy atom. The van der Waals surface area contributed by atoms with Crippen LogP contribution in [0.1, 0.15) is 37.7 Å². The molecule has 0 unspecified atom stereocenters. The first-order chi connectivity index (χ1) is 10.0. The lowest BCUT2D eigenvalue weighted by Gasteiger charge is -2.22. The number of amides is 1. The maximum Gasteiger partial charge on any atom is 0.221 e. The van der Waals surface area contributed by atoms with Gasteiger partial charge in [-0.15, -0.1) is 0 Å². The molecule has 1 aromatic rings. The van der Waals surface area contributed by atoms with Crippen LogP contribution in [-0.4, -0.2) is 37.7 Å². The van der Waals surface area contributed by atoms with Crippen molar-refractivity contribution < 1.29 is 13.9 Å². The number of ether oxygens (including phenoxy) is 1. The molecule has 1 aliphatic heterocycles. The first kappa shape index (κ1) is 15.8. The zero-order valence-corrected chi connectivity index (χ0v) is 12.9. The molecule has 4 nitrogen and oxygen atoms in total. The topological polar surface area (TPSA) is 41.6 Å². The molecule has 1 fully saturated rings. The number of hydrogen-bond donors (Lipinski definition) is 1. The Morgan fingerprint density at radius 1 is 1.57 bits per heavy atom. The van der Waals surface area contributed by atoms with Crippen molar-refractivity contribution in [3.8, 4) is 5.75 Å². The summed E-state index contributed by atoms with van der Waals surface area (Å²) in [6, 6.07) is 4.44. The molecule has 0 bridgehead atoms. The molecule has 1 amide bonds. The zero-order valence-electron chi connectivity index (χ0n) is 12.9. The van der Waals surface area contributed by atoms with Gasteiger partial charge in [-0.1, -0.05) is 13.0 Å². The second-order valence-corrected chi connectivity index (χ2v) is 5.70. The highest BCUT2D eigenvalue weighted by atomic mass is 19.1. The summed E-state index contributed by atoms with van der Waals surface area (Å²) in [6.45, 7) is 2.97. The number of carbonyl (C=O) groups excluding carboxylic acids is 1. The normalized spacial score (nSPS) is 20.3. The summed E-state index contributed by atoms with van der Waals surface area (Å²) in [4.78, 5) is 14.3. The molecule has 1 aromatic carbocycles. The molecule has 0 radical (unpaired) electrons. The highest BCUT2D eigenvalue weighted by Gasteiger charge is 2.23. The van der Waals surface area contributed by atoms with Gasteiger partial charge in [-0.3, -0.25) is 9.69 Å². The van der Waals surface area contributed by atoms with E-state index < -0.39 is 0 Å². The molecule has 116 valence electrons. The molecule has 5 heteroatoms. The molecule has 1 heterocycles. The van der Waals surface area contributed by atoms with Gasteiger partial charge in [-0.05, 0) is 44.0 Å². The number of halogens is 1. The number of likely N-dealkylation sites (tertiary alicyclic amines) is 1. The van der Waals surface area contributed by atoms with E-state index in [1.807, 2.05) is 14.0 Å². The zero-order chi connectivity index (χ0) is 15.4. The largest absolute Gasteiger partial charge is 0.496 e. The second kappa shape index (κ2) is 6.89. The molecule has 0 aliphatic carbocycles. The number of nitrogens with zero attached hydrogens (tertiary/aromatic N) is 1. The van der Waals surface area contributed by atoms with Gasteiger partial charge in [0.15, 0.2) is 0 Å². The Labute approximate surface area is 125 Å². The van der Waals surface area contributed by atoms with E-state index in [1.165, 1.54) is 19.2 Å². The van der Waals surface area contributed by atoms with Crippen LogP contribution in [0.5, 0.6) is 5.75 Å². The minimum Gasteiger partial charge on any atom is -0.496 e. The minimum absolute atomic E-state index is 0.0210. The van der Waals surface area contributed by atoms with Gasteiger partial charge in [0.2, 0.25) is 5.91 Å². The first-order valence-corrected chi connectivity index (χ1v) is 7.34. The molecule has 0 saturated carbocycles. The van der Waals surface area contributed by atoms with E-state index in [-0.39, 0.29) is 23.8 Å². The van der Waals surface area contributed by atoms with E-state index in [0.29, 0.717) is 12.2 Å². The highest BCUT2D eigenvalue weighted by molar-refractivity contribution is 5.77. The fraction of sp³-hybridized carbons (Fsp3) is 0.562. The van der Waals surface area contributed by atoms with Crippen LogP contribution >= 0.6 is 0 Å². The van der Waals surface area contributed by atoms with Crippen LogP contribution < -0.4 is 10.1 Å². The standard InChI is InChI=1S/C16H23FN2O2/c1-11(13-7-6-12(17)10-14(13)21-3)9-16(20)18-15-5-4-8-19(15)2/h6-7,10-11,15H,4-5,8-9H2,1-3H3,(H,18,20)/t11-,15-/m0/s1. The molecule has 21 heavy (non-hydrogen) atoms. The summed E-state index contributed by atoms with van der Waals surface area (Å²) in [5, 5.41) is 3.05. The molecule has 1 aliphatic rings. The average molecular weight is 294 g/mol. The summed E-state index contributed by atoms with van der Waals surface area (Å²) in [5.41, 5.74) is 0.855. The second-order valence-electron chi connectivity index (χ2n) is 5.70.